The lowest BCUT2D eigenvalue weighted by atomic mass is 9.71. The van der Waals surface area contributed by atoms with E-state index in [9.17, 15) is 26.3 Å². The number of nitrogens with zero attached hydrogens (tertiary/aromatic N) is 2. The van der Waals surface area contributed by atoms with Crippen molar-refractivity contribution in [3.8, 4) is 5.75 Å². The summed E-state index contributed by atoms with van der Waals surface area (Å²) in [5, 5.41) is 0. The predicted octanol–water partition coefficient (Wildman–Crippen LogP) is 7.11. The molecule has 0 spiro atoms. The van der Waals surface area contributed by atoms with Crippen molar-refractivity contribution in [3.63, 3.8) is 0 Å². The molecule has 3 aromatic rings. The molecule has 0 radical (unpaired) electrons. The standard InChI is InChI=1S/C30H30F6N2O2/c1-21-19-37(14-15-39-21)24-8-4-6-22(16-24)18-28(23-7-5-9-25(17-23)40-30(34,35)36)20-38(13-12-29(31,32)33)27-11-3-2-10-26(27)28/h2-11,16-17,21H,12-15,18-20H2,1H3/t21-,28?/m0/s1. The van der Waals surface area contributed by atoms with E-state index in [1.54, 1.807) is 23.1 Å². The van der Waals surface area contributed by atoms with Crippen LogP contribution in [0.15, 0.2) is 72.8 Å². The lowest BCUT2D eigenvalue weighted by Crippen LogP contribution is -2.41. The van der Waals surface area contributed by atoms with Gasteiger partial charge in [0.05, 0.1) is 19.1 Å². The molecule has 10 heteroatoms. The molecule has 4 nitrogen and oxygen atoms in total. The van der Waals surface area contributed by atoms with Gasteiger partial charge in [-0.2, -0.15) is 13.2 Å². The first kappa shape index (κ1) is 28.1. The number of morpholine rings is 1. The quantitative estimate of drug-likeness (QED) is 0.286. The third-order valence-electron chi connectivity index (χ3n) is 7.53. The summed E-state index contributed by atoms with van der Waals surface area (Å²) in [7, 11) is 0. The first-order valence-electron chi connectivity index (χ1n) is 13.1. The highest BCUT2D eigenvalue weighted by Crippen LogP contribution is 2.48. The zero-order chi connectivity index (χ0) is 28.5. The van der Waals surface area contributed by atoms with Crippen molar-refractivity contribution >= 4 is 11.4 Å². The van der Waals surface area contributed by atoms with Crippen LogP contribution in [0.5, 0.6) is 5.75 Å². The second-order valence-electron chi connectivity index (χ2n) is 10.4. The molecule has 5 rings (SSSR count). The number of halogens is 6. The van der Waals surface area contributed by atoms with Crippen molar-refractivity contribution in [1.29, 1.82) is 0 Å². The molecule has 1 fully saturated rings. The highest BCUT2D eigenvalue weighted by atomic mass is 19.4. The van der Waals surface area contributed by atoms with Crippen LogP contribution in [-0.2, 0) is 16.6 Å². The Labute approximate surface area is 229 Å². The monoisotopic (exact) mass is 564 g/mol. The van der Waals surface area contributed by atoms with Crippen LogP contribution in [0.25, 0.3) is 0 Å². The molecule has 214 valence electrons. The first-order chi connectivity index (χ1) is 18.9. The second-order valence-corrected chi connectivity index (χ2v) is 10.4. The van der Waals surface area contributed by atoms with Crippen LogP contribution in [0, 0.1) is 0 Å². The van der Waals surface area contributed by atoms with Gasteiger partial charge in [-0.1, -0.05) is 42.5 Å². The molecule has 2 aliphatic rings. The van der Waals surface area contributed by atoms with E-state index >= 15 is 0 Å². The van der Waals surface area contributed by atoms with Crippen LogP contribution in [-0.4, -0.2) is 51.4 Å². The van der Waals surface area contributed by atoms with E-state index in [1.165, 1.54) is 18.2 Å². The SMILES string of the molecule is C[C@H]1CN(c2cccc(CC3(c4cccc(OC(F)(F)F)c4)CN(CCC(F)(F)F)c4ccccc43)c2)CCO1. The Kier molecular flexibility index (Phi) is 7.65. The van der Waals surface area contributed by atoms with Gasteiger partial charge >= 0.3 is 12.5 Å². The van der Waals surface area contributed by atoms with Gasteiger partial charge in [-0.3, -0.25) is 0 Å². The molecule has 0 bridgehead atoms. The molecular formula is C30H30F6N2O2. The van der Waals surface area contributed by atoms with Crippen molar-refractivity contribution in [2.45, 2.75) is 43.8 Å². The van der Waals surface area contributed by atoms with E-state index in [2.05, 4.69) is 15.7 Å². The average Bonchev–Trinajstić information content (AvgIpc) is 3.21. The van der Waals surface area contributed by atoms with E-state index in [0.29, 0.717) is 24.3 Å². The third-order valence-corrected chi connectivity index (χ3v) is 7.53. The number of hydrogen-bond donors (Lipinski definition) is 0. The Morgan fingerprint density at radius 3 is 2.48 bits per heavy atom. The van der Waals surface area contributed by atoms with E-state index in [0.717, 1.165) is 29.9 Å². The summed E-state index contributed by atoms with van der Waals surface area (Å²) in [4.78, 5) is 3.91. The lowest BCUT2D eigenvalue weighted by molar-refractivity contribution is -0.274. The van der Waals surface area contributed by atoms with Crippen LogP contribution in [0.2, 0.25) is 0 Å². The van der Waals surface area contributed by atoms with E-state index in [4.69, 9.17) is 4.74 Å². The van der Waals surface area contributed by atoms with E-state index < -0.39 is 24.4 Å². The summed E-state index contributed by atoms with van der Waals surface area (Å²) in [6, 6.07) is 20.9. The number of alkyl halides is 6. The molecule has 2 heterocycles. The van der Waals surface area contributed by atoms with Crippen molar-refractivity contribution in [3.05, 3.63) is 89.5 Å². The smallest absolute Gasteiger partial charge is 0.406 e. The van der Waals surface area contributed by atoms with Crippen LogP contribution in [0.3, 0.4) is 0 Å². The van der Waals surface area contributed by atoms with Gasteiger partial charge in [0, 0.05) is 43.0 Å². The minimum atomic E-state index is -4.87. The maximum atomic E-state index is 13.2. The Morgan fingerprint density at radius 1 is 0.950 bits per heavy atom. The van der Waals surface area contributed by atoms with Crippen LogP contribution < -0.4 is 14.5 Å². The fraction of sp³-hybridized carbons (Fsp3) is 0.400. The molecule has 2 aliphatic heterocycles. The van der Waals surface area contributed by atoms with Gasteiger partial charge in [-0.25, -0.2) is 0 Å². The number of para-hydroxylation sites is 1. The van der Waals surface area contributed by atoms with Crippen molar-refractivity contribution < 1.29 is 35.8 Å². The third kappa shape index (κ3) is 6.32. The summed E-state index contributed by atoms with van der Waals surface area (Å²) in [6.45, 7) is 3.97. The molecule has 1 unspecified atom stereocenters. The fourth-order valence-electron chi connectivity index (χ4n) is 5.87. The number of anilines is 2. The van der Waals surface area contributed by atoms with Gasteiger partial charge in [0.15, 0.2) is 0 Å². The summed E-state index contributed by atoms with van der Waals surface area (Å²) >= 11 is 0. The maximum absolute atomic E-state index is 13.2. The van der Waals surface area contributed by atoms with Gasteiger partial charge < -0.3 is 19.3 Å². The molecular weight excluding hydrogens is 534 g/mol. The molecule has 1 saturated heterocycles. The molecule has 0 saturated carbocycles. The number of hydrogen-bond acceptors (Lipinski definition) is 4. The topological polar surface area (TPSA) is 24.9 Å². The first-order valence-corrected chi connectivity index (χ1v) is 13.1. The van der Waals surface area contributed by atoms with Gasteiger partial charge in [0.25, 0.3) is 0 Å². The second kappa shape index (κ2) is 10.9. The highest BCUT2D eigenvalue weighted by Gasteiger charge is 2.45. The van der Waals surface area contributed by atoms with Crippen LogP contribution >= 0.6 is 0 Å². The number of rotatable bonds is 7. The van der Waals surface area contributed by atoms with Gasteiger partial charge in [-0.15, -0.1) is 13.2 Å². The van der Waals surface area contributed by atoms with E-state index in [-0.39, 0.29) is 24.9 Å². The van der Waals surface area contributed by atoms with Gasteiger partial charge in [0.1, 0.15) is 5.75 Å². The van der Waals surface area contributed by atoms with E-state index in [1.807, 2.05) is 37.3 Å². The number of ether oxygens (including phenoxy) is 2. The van der Waals surface area contributed by atoms with Crippen LogP contribution in [0.4, 0.5) is 37.7 Å². The summed E-state index contributed by atoms with van der Waals surface area (Å²) in [6.07, 6.45) is -9.77. The summed E-state index contributed by atoms with van der Waals surface area (Å²) < 4.78 is 88.9. The molecule has 0 aromatic heterocycles. The number of benzene rings is 3. The minimum Gasteiger partial charge on any atom is -0.406 e. The fourth-order valence-corrected chi connectivity index (χ4v) is 5.87. The molecule has 0 aliphatic carbocycles. The normalized spacial score (nSPS) is 21.4. The van der Waals surface area contributed by atoms with Gasteiger partial charge in [0.2, 0.25) is 0 Å². The Hall–Kier alpha value is -3.40. The average molecular weight is 565 g/mol. The summed E-state index contributed by atoms with van der Waals surface area (Å²) in [5.41, 5.74) is 2.97. The van der Waals surface area contributed by atoms with Crippen molar-refractivity contribution in [2.24, 2.45) is 0 Å². The van der Waals surface area contributed by atoms with Crippen LogP contribution in [0.1, 0.15) is 30.0 Å². The molecule has 0 N–H and O–H groups in total. The largest absolute Gasteiger partial charge is 0.573 e. The predicted molar refractivity (Wildman–Crippen MR) is 141 cm³/mol. The molecule has 3 aromatic carbocycles. The Morgan fingerprint density at radius 2 is 1.73 bits per heavy atom. The zero-order valence-corrected chi connectivity index (χ0v) is 21.9. The minimum absolute atomic E-state index is 0.0732. The number of fused-ring (bicyclic) bond motifs is 1. The van der Waals surface area contributed by atoms with Crippen molar-refractivity contribution in [1.82, 2.24) is 0 Å². The Bertz CT molecular complexity index is 1330. The lowest BCUT2D eigenvalue weighted by Gasteiger charge is -2.34. The maximum Gasteiger partial charge on any atom is 0.573 e. The molecule has 0 amide bonds. The highest BCUT2D eigenvalue weighted by molar-refractivity contribution is 5.67. The zero-order valence-electron chi connectivity index (χ0n) is 21.9. The summed E-state index contributed by atoms with van der Waals surface area (Å²) in [5.74, 6) is -0.369. The van der Waals surface area contributed by atoms with Crippen molar-refractivity contribution in [2.75, 3.05) is 42.6 Å². The van der Waals surface area contributed by atoms with Gasteiger partial charge in [-0.05, 0) is 60.4 Å². The molecule has 40 heavy (non-hydrogen) atoms. The molecule has 2 atom stereocenters. The Balaban J connectivity index is 1.57.